The Morgan fingerprint density at radius 2 is 1.90 bits per heavy atom. The highest BCUT2D eigenvalue weighted by Crippen LogP contribution is 2.54. The molecule has 2 aromatic rings. The number of carboxylic acid groups (broad SMARTS) is 1. The second kappa shape index (κ2) is 7.25. The highest BCUT2D eigenvalue weighted by molar-refractivity contribution is 5.72. The summed E-state index contributed by atoms with van der Waals surface area (Å²) in [5, 5.41) is 8.89. The van der Waals surface area contributed by atoms with Crippen molar-refractivity contribution >= 4 is 17.7 Å². The van der Waals surface area contributed by atoms with Crippen molar-refractivity contribution in [1.29, 1.82) is 0 Å². The Labute approximate surface area is 172 Å². The van der Waals surface area contributed by atoms with Gasteiger partial charge in [-0.2, -0.15) is 0 Å². The summed E-state index contributed by atoms with van der Waals surface area (Å²) >= 11 is 0. The lowest BCUT2D eigenvalue weighted by Gasteiger charge is -2.47. The van der Waals surface area contributed by atoms with Gasteiger partial charge in [-0.25, -0.2) is 0 Å². The summed E-state index contributed by atoms with van der Waals surface area (Å²) in [4.78, 5) is 13.2. The predicted octanol–water partition coefficient (Wildman–Crippen LogP) is 5.54. The van der Waals surface area contributed by atoms with Gasteiger partial charge in [-0.15, -0.1) is 0 Å². The first kappa shape index (κ1) is 19.6. The third-order valence-electron chi connectivity index (χ3n) is 6.36. The van der Waals surface area contributed by atoms with E-state index in [4.69, 9.17) is 9.84 Å². The van der Waals surface area contributed by atoms with Crippen molar-refractivity contribution in [2.75, 3.05) is 11.4 Å². The zero-order chi connectivity index (χ0) is 20.6. The van der Waals surface area contributed by atoms with Crippen molar-refractivity contribution in [2.45, 2.75) is 57.6 Å². The maximum Gasteiger partial charge on any atom is 0.303 e. The van der Waals surface area contributed by atoms with Crippen molar-refractivity contribution in [2.24, 2.45) is 0 Å². The van der Waals surface area contributed by atoms with Crippen molar-refractivity contribution in [3.63, 3.8) is 0 Å². The molecule has 2 aromatic carbocycles. The molecule has 0 saturated heterocycles. The molecule has 2 heterocycles. The molecule has 0 aromatic heterocycles. The van der Waals surface area contributed by atoms with Gasteiger partial charge in [0.05, 0.1) is 5.41 Å². The molecule has 1 N–H and O–H groups in total. The molecule has 1 unspecified atom stereocenters. The number of anilines is 1. The van der Waals surface area contributed by atoms with Crippen LogP contribution in [-0.2, 0) is 10.2 Å². The average Bonchev–Trinajstić information content (AvgIpc) is 2.86. The zero-order valence-electron chi connectivity index (χ0n) is 17.4. The van der Waals surface area contributed by atoms with Gasteiger partial charge in [-0.05, 0) is 69.5 Å². The number of unbranched alkanes of at least 4 members (excludes halogenated alkanes) is 2. The lowest BCUT2D eigenvalue weighted by atomic mass is 9.76. The van der Waals surface area contributed by atoms with Crippen molar-refractivity contribution < 1.29 is 14.6 Å². The standard InChI is InChI=1S/C25H29NO3/c1-18-12-13-22-19(17-18)14-15-25(29-22)24(2,3)20-9-6-7-10-21(20)26(25)16-8-4-5-11-23(27)28/h6-7,9-10,12-15,17H,4-5,8,11,16H2,1-3H3,(H,27,28). The highest BCUT2D eigenvalue weighted by Gasteiger charge is 2.58. The number of para-hydroxylation sites is 1. The van der Waals surface area contributed by atoms with Gasteiger partial charge in [0, 0.05) is 24.2 Å². The number of ether oxygens (including phenoxy) is 1. The van der Waals surface area contributed by atoms with Crippen LogP contribution in [0.25, 0.3) is 6.08 Å². The Balaban J connectivity index is 1.67. The van der Waals surface area contributed by atoms with E-state index in [1.54, 1.807) is 0 Å². The molecule has 1 spiro atoms. The molecule has 0 saturated carbocycles. The molecular weight excluding hydrogens is 362 g/mol. The van der Waals surface area contributed by atoms with Gasteiger partial charge < -0.3 is 14.7 Å². The lowest BCUT2D eigenvalue weighted by molar-refractivity contribution is -0.137. The molecule has 4 heteroatoms. The number of carbonyl (C=O) groups is 1. The normalized spacial score (nSPS) is 21.0. The van der Waals surface area contributed by atoms with E-state index in [2.05, 4.69) is 80.3 Å². The van der Waals surface area contributed by atoms with Gasteiger partial charge >= 0.3 is 5.97 Å². The minimum atomic E-state index is -0.723. The van der Waals surface area contributed by atoms with Crippen LogP contribution in [0.5, 0.6) is 5.75 Å². The van der Waals surface area contributed by atoms with Gasteiger partial charge in [-0.3, -0.25) is 4.79 Å². The van der Waals surface area contributed by atoms with Crippen LogP contribution in [0.3, 0.4) is 0 Å². The molecule has 4 nitrogen and oxygen atoms in total. The summed E-state index contributed by atoms with van der Waals surface area (Å²) in [6.07, 6.45) is 7.16. The van der Waals surface area contributed by atoms with Crippen LogP contribution in [-0.4, -0.2) is 23.3 Å². The Morgan fingerprint density at radius 3 is 2.69 bits per heavy atom. The number of hydrogen-bond donors (Lipinski definition) is 1. The summed E-state index contributed by atoms with van der Waals surface area (Å²) in [5.74, 6) is 0.189. The average molecular weight is 392 g/mol. The number of aliphatic carboxylic acids is 1. The first-order chi connectivity index (χ1) is 13.8. The van der Waals surface area contributed by atoms with Gasteiger partial charge in [0.1, 0.15) is 5.75 Å². The SMILES string of the molecule is Cc1ccc2c(c1)C=CC1(O2)N(CCCCCC(=O)O)c2ccccc2C1(C)C. The van der Waals surface area contributed by atoms with E-state index in [1.807, 2.05) is 0 Å². The quantitative estimate of drug-likeness (QED) is 0.657. The lowest BCUT2D eigenvalue weighted by Crippen LogP contribution is -2.59. The number of benzene rings is 2. The topological polar surface area (TPSA) is 49.8 Å². The fourth-order valence-electron chi connectivity index (χ4n) is 4.73. The summed E-state index contributed by atoms with van der Waals surface area (Å²) in [6, 6.07) is 14.9. The summed E-state index contributed by atoms with van der Waals surface area (Å²) in [7, 11) is 0. The smallest absolute Gasteiger partial charge is 0.303 e. The van der Waals surface area contributed by atoms with Crippen LogP contribution >= 0.6 is 0 Å². The van der Waals surface area contributed by atoms with Crippen LogP contribution in [0.2, 0.25) is 0 Å². The molecule has 0 radical (unpaired) electrons. The van der Waals surface area contributed by atoms with E-state index >= 15 is 0 Å². The Hall–Kier alpha value is -2.75. The minimum absolute atomic E-state index is 0.232. The summed E-state index contributed by atoms with van der Waals surface area (Å²) < 4.78 is 6.79. The second-order valence-corrected chi connectivity index (χ2v) is 8.67. The van der Waals surface area contributed by atoms with Gasteiger partial charge in [0.15, 0.2) is 0 Å². The molecule has 0 aliphatic carbocycles. The second-order valence-electron chi connectivity index (χ2n) is 8.67. The molecule has 0 amide bonds. The number of carboxylic acids is 1. The third-order valence-corrected chi connectivity index (χ3v) is 6.36. The molecule has 4 rings (SSSR count). The number of nitrogens with zero attached hydrogens (tertiary/aromatic N) is 1. The van der Waals surface area contributed by atoms with Gasteiger partial charge in [0.2, 0.25) is 5.72 Å². The molecule has 0 bridgehead atoms. The van der Waals surface area contributed by atoms with Crippen LogP contribution in [0.4, 0.5) is 5.69 Å². The maximum absolute atomic E-state index is 10.8. The first-order valence-corrected chi connectivity index (χ1v) is 10.4. The number of aryl methyl sites for hydroxylation is 1. The summed E-state index contributed by atoms with van der Waals surface area (Å²) in [5.41, 5.74) is 4.00. The van der Waals surface area contributed by atoms with Crippen LogP contribution in [0.15, 0.2) is 48.5 Å². The molecule has 29 heavy (non-hydrogen) atoms. The Morgan fingerprint density at radius 1 is 1.10 bits per heavy atom. The van der Waals surface area contributed by atoms with Gasteiger partial charge in [-0.1, -0.05) is 36.2 Å². The zero-order valence-corrected chi connectivity index (χ0v) is 17.4. The largest absolute Gasteiger partial charge is 0.481 e. The molecule has 2 aliphatic heterocycles. The van der Waals surface area contributed by atoms with Crippen molar-refractivity contribution in [1.82, 2.24) is 0 Å². The van der Waals surface area contributed by atoms with E-state index in [-0.39, 0.29) is 11.8 Å². The number of rotatable bonds is 6. The summed E-state index contributed by atoms with van der Waals surface area (Å²) in [6.45, 7) is 7.42. The monoisotopic (exact) mass is 391 g/mol. The van der Waals surface area contributed by atoms with Gasteiger partial charge in [0.25, 0.3) is 0 Å². The van der Waals surface area contributed by atoms with E-state index in [1.165, 1.54) is 16.8 Å². The van der Waals surface area contributed by atoms with E-state index in [0.29, 0.717) is 6.42 Å². The maximum atomic E-state index is 10.8. The van der Waals surface area contributed by atoms with Crippen LogP contribution in [0, 0.1) is 6.92 Å². The van der Waals surface area contributed by atoms with Crippen molar-refractivity contribution in [3.8, 4) is 5.75 Å². The van der Waals surface area contributed by atoms with E-state index < -0.39 is 11.7 Å². The Kier molecular flexibility index (Phi) is 4.89. The number of hydrogen-bond acceptors (Lipinski definition) is 3. The molecular formula is C25H29NO3. The fraction of sp³-hybridized carbons (Fsp3) is 0.400. The fourth-order valence-corrected chi connectivity index (χ4v) is 4.73. The van der Waals surface area contributed by atoms with Crippen LogP contribution in [0.1, 0.15) is 56.2 Å². The van der Waals surface area contributed by atoms with Crippen molar-refractivity contribution in [3.05, 3.63) is 65.2 Å². The molecule has 2 aliphatic rings. The van der Waals surface area contributed by atoms with Crippen LogP contribution < -0.4 is 9.64 Å². The molecule has 152 valence electrons. The number of fused-ring (bicyclic) bond motifs is 2. The van der Waals surface area contributed by atoms with E-state index in [9.17, 15) is 4.79 Å². The molecule has 0 fully saturated rings. The predicted molar refractivity (Wildman–Crippen MR) is 116 cm³/mol. The molecule has 1 atom stereocenters. The third kappa shape index (κ3) is 3.21. The first-order valence-electron chi connectivity index (χ1n) is 10.4. The minimum Gasteiger partial charge on any atom is -0.481 e. The Bertz CT molecular complexity index is 962. The highest BCUT2D eigenvalue weighted by atomic mass is 16.5. The van der Waals surface area contributed by atoms with E-state index in [0.717, 1.165) is 30.7 Å².